The van der Waals surface area contributed by atoms with Gasteiger partial charge < -0.3 is 10.1 Å². The fourth-order valence-corrected chi connectivity index (χ4v) is 2.73. The third-order valence-corrected chi connectivity index (χ3v) is 3.97. The highest BCUT2D eigenvalue weighted by Crippen LogP contribution is 2.25. The summed E-state index contributed by atoms with van der Waals surface area (Å²) in [5.74, 6) is -0.186. The van der Waals surface area contributed by atoms with Crippen LogP contribution in [-0.4, -0.2) is 41.1 Å². The maximum Gasteiger partial charge on any atom is 0.410 e. The van der Waals surface area contributed by atoms with Gasteiger partial charge in [-0.25, -0.2) is 9.78 Å². The molecule has 2 atom stereocenters. The van der Waals surface area contributed by atoms with E-state index in [4.69, 9.17) is 10.00 Å². The first-order valence-corrected chi connectivity index (χ1v) is 8.46. The van der Waals surface area contributed by atoms with Gasteiger partial charge in [-0.3, -0.25) is 9.69 Å². The summed E-state index contributed by atoms with van der Waals surface area (Å²) < 4.78 is 5.80. The largest absolute Gasteiger partial charge is 0.449 e. The van der Waals surface area contributed by atoms with Gasteiger partial charge in [0.1, 0.15) is 16.5 Å². The number of carbonyl (C=O) groups excluding carboxylic acids is 2. The van der Waals surface area contributed by atoms with Crippen molar-refractivity contribution in [3.8, 4) is 6.07 Å². The van der Waals surface area contributed by atoms with Crippen molar-refractivity contribution in [1.82, 2.24) is 9.88 Å². The standard InChI is InChI=1S/C16H19BrN4O3/c1-10(2)9-24-16(23)21-8-11(7-18)6-12(21)15(22)20-14-5-3-4-13(17)19-14/h3-5,10-12H,6,8-9H2,1-2H3,(H,19,20,22). The molecule has 24 heavy (non-hydrogen) atoms. The Labute approximate surface area is 149 Å². The lowest BCUT2D eigenvalue weighted by molar-refractivity contribution is -0.120. The highest BCUT2D eigenvalue weighted by molar-refractivity contribution is 9.10. The Bertz CT molecular complexity index is 659. The van der Waals surface area contributed by atoms with Gasteiger partial charge in [-0.05, 0) is 40.4 Å². The zero-order chi connectivity index (χ0) is 17.7. The van der Waals surface area contributed by atoms with Crippen LogP contribution in [0.4, 0.5) is 10.6 Å². The molecular formula is C16H19BrN4O3. The quantitative estimate of drug-likeness (QED) is 0.791. The van der Waals surface area contributed by atoms with Crippen molar-refractivity contribution in [3.05, 3.63) is 22.8 Å². The number of halogens is 1. The molecular weight excluding hydrogens is 376 g/mol. The minimum atomic E-state index is -0.741. The van der Waals surface area contributed by atoms with Gasteiger partial charge in [-0.15, -0.1) is 0 Å². The molecule has 2 unspecified atom stereocenters. The Morgan fingerprint density at radius 1 is 1.54 bits per heavy atom. The van der Waals surface area contributed by atoms with Crippen molar-refractivity contribution >= 4 is 33.7 Å². The number of likely N-dealkylation sites (tertiary alicyclic amines) is 1. The lowest BCUT2D eigenvalue weighted by Gasteiger charge is -2.23. The Morgan fingerprint density at radius 3 is 2.92 bits per heavy atom. The predicted molar refractivity (Wildman–Crippen MR) is 91.0 cm³/mol. The van der Waals surface area contributed by atoms with Crippen LogP contribution in [-0.2, 0) is 9.53 Å². The molecule has 0 aromatic carbocycles. The number of hydrogen-bond donors (Lipinski definition) is 1. The highest BCUT2D eigenvalue weighted by Gasteiger charge is 2.40. The maximum absolute atomic E-state index is 12.5. The van der Waals surface area contributed by atoms with Gasteiger partial charge in [0.05, 0.1) is 18.6 Å². The fraction of sp³-hybridized carbons (Fsp3) is 0.500. The Hall–Kier alpha value is -2.14. The summed E-state index contributed by atoms with van der Waals surface area (Å²) in [7, 11) is 0. The second-order valence-electron chi connectivity index (χ2n) is 6.04. The van der Waals surface area contributed by atoms with Crippen LogP contribution in [0.5, 0.6) is 0 Å². The molecule has 2 heterocycles. The topological polar surface area (TPSA) is 95.3 Å². The van der Waals surface area contributed by atoms with Crippen molar-refractivity contribution < 1.29 is 14.3 Å². The van der Waals surface area contributed by atoms with E-state index in [1.807, 2.05) is 13.8 Å². The molecule has 1 aromatic heterocycles. The average molecular weight is 395 g/mol. The number of carbonyl (C=O) groups is 2. The normalized spacial score (nSPS) is 19.9. The van der Waals surface area contributed by atoms with Crippen molar-refractivity contribution in [3.63, 3.8) is 0 Å². The molecule has 128 valence electrons. The maximum atomic E-state index is 12.5. The van der Waals surface area contributed by atoms with Crippen molar-refractivity contribution in [2.45, 2.75) is 26.3 Å². The van der Waals surface area contributed by atoms with Crippen molar-refractivity contribution in [2.24, 2.45) is 11.8 Å². The Morgan fingerprint density at radius 2 is 2.29 bits per heavy atom. The van der Waals surface area contributed by atoms with Crippen LogP contribution < -0.4 is 5.32 Å². The minimum absolute atomic E-state index is 0.192. The molecule has 0 spiro atoms. The van der Waals surface area contributed by atoms with Gasteiger partial charge in [0.2, 0.25) is 5.91 Å². The smallest absolute Gasteiger partial charge is 0.410 e. The number of aromatic nitrogens is 1. The Kier molecular flexibility index (Phi) is 6.15. The van der Waals surface area contributed by atoms with E-state index >= 15 is 0 Å². The van der Waals surface area contributed by atoms with E-state index in [1.165, 1.54) is 4.90 Å². The van der Waals surface area contributed by atoms with Gasteiger partial charge >= 0.3 is 6.09 Å². The van der Waals surface area contributed by atoms with E-state index < -0.39 is 12.1 Å². The zero-order valence-corrected chi connectivity index (χ0v) is 15.1. The lowest BCUT2D eigenvalue weighted by Crippen LogP contribution is -2.43. The second kappa shape index (κ2) is 8.11. The van der Waals surface area contributed by atoms with Crippen LogP contribution in [0.25, 0.3) is 0 Å². The summed E-state index contributed by atoms with van der Waals surface area (Å²) in [6, 6.07) is 6.52. The van der Waals surface area contributed by atoms with E-state index in [9.17, 15) is 9.59 Å². The molecule has 2 amide bonds. The summed E-state index contributed by atoms with van der Waals surface area (Å²) in [5, 5.41) is 11.8. The molecule has 0 aliphatic carbocycles. The second-order valence-corrected chi connectivity index (χ2v) is 6.85. The lowest BCUT2D eigenvalue weighted by atomic mass is 10.1. The van der Waals surface area contributed by atoms with Gasteiger partial charge in [-0.1, -0.05) is 19.9 Å². The minimum Gasteiger partial charge on any atom is -0.449 e. The summed E-state index contributed by atoms with van der Waals surface area (Å²) in [4.78, 5) is 30.2. The number of hydrogen-bond acceptors (Lipinski definition) is 5. The van der Waals surface area contributed by atoms with E-state index in [1.54, 1.807) is 18.2 Å². The third-order valence-electron chi connectivity index (χ3n) is 3.53. The number of rotatable bonds is 4. The molecule has 7 nitrogen and oxygen atoms in total. The predicted octanol–water partition coefficient (Wildman–Crippen LogP) is 2.79. The molecule has 1 saturated heterocycles. The number of amides is 2. The van der Waals surface area contributed by atoms with E-state index in [-0.39, 0.29) is 37.3 Å². The van der Waals surface area contributed by atoms with Crippen LogP contribution in [0, 0.1) is 23.2 Å². The number of nitrogens with one attached hydrogen (secondary N) is 1. The first-order chi connectivity index (χ1) is 11.4. The average Bonchev–Trinajstić information content (AvgIpc) is 2.97. The van der Waals surface area contributed by atoms with Gasteiger partial charge in [0, 0.05) is 6.54 Å². The van der Waals surface area contributed by atoms with Gasteiger partial charge in [-0.2, -0.15) is 5.26 Å². The van der Waals surface area contributed by atoms with Crippen LogP contribution in [0.3, 0.4) is 0 Å². The molecule has 1 aromatic rings. The highest BCUT2D eigenvalue weighted by atomic mass is 79.9. The first kappa shape index (κ1) is 18.2. The summed E-state index contributed by atoms with van der Waals surface area (Å²) in [6.45, 7) is 4.32. The molecule has 2 rings (SSSR count). The number of anilines is 1. The third kappa shape index (κ3) is 4.68. The van der Waals surface area contributed by atoms with Crippen LogP contribution in [0.2, 0.25) is 0 Å². The number of pyridine rings is 1. The molecule has 1 fully saturated rings. The summed E-state index contributed by atoms with van der Waals surface area (Å²) in [5.41, 5.74) is 0. The van der Waals surface area contributed by atoms with E-state index in [2.05, 4.69) is 32.3 Å². The molecule has 0 radical (unpaired) electrons. The van der Waals surface area contributed by atoms with Crippen LogP contribution in [0.15, 0.2) is 22.8 Å². The summed E-state index contributed by atoms with van der Waals surface area (Å²) in [6.07, 6.45) is -0.281. The molecule has 1 aliphatic heterocycles. The van der Waals surface area contributed by atoms with Crippen molar-refractivity contribution in [1.29, 1.82) is 5.26 Å². The van der Waals surface area contributed by atoms with Gasteiger partial charge in [0.25, 0.3) is 0 Å². The molecule has 1 aliphatic rings. The monoisotopic (exact) mass is 394 g/mol. The molecule has 0 saturated carbocycles. The van der Waals surface area contributed by atoms with Crippen LogP contribution >= 0.6 is 15.9 Å². The zero-order valence-electron chi connectivity index (χ0n) is 13.5. The fourth-order valence-electron chi connectivity index (χ4n) is 2.39. The Balaban J connectivity index is 2.08. The van der Waals surface area contributed by atoms with E-state index in [0.29, 0.717) is 10.4 Å². The first-order valence-electron chi connectivity index (χ1n) is 7.67. The number of ether oxygens (including phenoxy) is 1. The molecule has 8 heteroatoms. The SMILES string of the molecule is CC(C)COC(=O)N1CC(C#N)CC1C(=O)Nc1cccc(Br)n1. The molecule has 0 bridgehead atoms. The molecule has 1 N–H and O–H groups in total. The number of nitrogens with zero attached hydrogens (tertiary/aromatic N) is 3. The van der Waals surface area contributed by atoms with E-state index in [0.717, 1.165) is 0 Å². The summed E-state index contributed by atoms with van der Waals surface area (Å²) >= 11 is 3.24. The van der Waals surface area contributed by atoms with Gasteiger partial charge in [0.15, 0.2) is 0 Å². The van der Waals surface area contributed by atoms with Crippen molar-refractivity contribution in [2.75, 3.05) is 18.5 Å². The van der Waals surface area contributed by atoms with Crippen LogP contribution in [0.1, 0.15) is 20.3 Å². The number of nitriles is 1.